The van der Waals surface area contributed by atoms with E-state index in [1.807, 2.05) is 30.3 Å². The molecule has 5 nitrogen and oxygen atoms in total. The summed E-state index contributed by atoms with van der Waals surface area (Å²) < 4.78 is 27.5. The molecule has 3 rings (SSSR count). The second-order valence-corrected chi connectivity index (χ2v) is 5.64. The number of carbonyl (C=O) groups is 1. The number of nitrogens with zero attached hydrogens (tertiary/aromatic N) is 3. The van der Waals surface area contributed by atoms with E-state index in [9.17, 15) is 13.6 Å². The molecule has 0 aliphatic rings. The van der Waals surface area contributed by atoms with Crippen LogP contribution in [0.3, 0.4) is 0 Å². The second kappa shape index (κ2) is 7.26. The van der Waals surface area contributed by atoms with Gasteiger partial charge in [0, 0.05) is 18.4 Å². The van der Waals surface area contributed by atoms with Crippen LogP contribution in [0.25, 0.3) is 0 Å². The third kappa shape index (κ3) is 3.66. The maximum absolute atomic E-state index is 13.7. The van der Waals surface area contributed by atoms with E-state index in [-0.39, 0.29) is 5.69 Å². The molecule has 2 aromatic carbocycles. The molecule has 3 aromatic rings. The lowest BCUT2D eigenvalue weighted by Crippen LogP contribution is -2.20. The predicted octanol–water partition coefficient (Wildman–Crippen LogP) is 4.08. The van der Waals surface area contributed by atoms with Crippen molar-refractivity contribution in [2.24, 2.45) is 0 Å². The molecule has 0 radical (unpaired) electrons. The fraction of sp³-hybridized carbons (Fsp3) is 0.105. The Morgan fingerprint density at radius 1 is 1.00 bits per heavy atom. The van der Waals surface area contributed by atoms with Crippen LogP contribution in [0.5, 0.6) is 0 Å². The number of rotatable bonds is 4. The molecule has 1 heterocycles. The van der Waals surface area contributed by atoms with Gasteiger partial charge in [0.2, 0.25) is 5.95 Å². The number of carbonyl (C=O) groups excluding carboxylic acids is 1. The van der Waals surface area contributed by atoms with E-state index in [2.05, 4.69) is 15.3 Å². The highest BCUT2D eigenvalue weighted by Crippen LogP contribution is 2.22. The first-order valence-electron chi connectivity index (χ1n) is 7.85. The third-order valence-electron chi connectivity index (χ3n) is 3.72. The summed E-state index contributed by atoms with van der Waals surface area (Å²) in [5.74, 6) is -2.13. The molecule has 0 saturated carbocycles. The van der Waals surface area contributed by atoms with Gasteiger partial charge in [-0.2, -0.15) is 0 Å². The maximum Gasteiger partial charge on any atom is 0.274 e. The Kier molecular flexibility index (Phi) is 4.88. The Balaban J connectivity index is 1.91. The van der Waals surface area contributed by atoms with Gasteiger partial charge in [-0.05, 0) is 37.3 Å². The minimum Gasteiger partial charge on any atom is -0.316 e. The van der Waals surface area contributed by atoms with Crippen LogP contribution in [0.15, 0.2) is 54.6 Å². The molecule has 1 aromatic heterocycles. The van der Waals surface area contributed by atoms with Crippen molar-refractivity contribution < 1.29 is 13.6 Å². The Morgan fingerprint density at radius 3 is 2.31 bits per heavy atom. The number of anilines is 3. The fourth-order valence-corrected chi connectivity index (χ4v) is 2.38. The summed E-state index contributed by atoms with van der Waals surface area (Å²) in [6, 6.07) is 14.2. The highest BCUT2D eigenvalue weighted by Gasteiger charge is 2.17. The van der Waals surface area contributed by atoms with Gasteiger partial charge in [0.15, 0.2) is 0 Å². The van der Waals surface area contributed by atoms with Gasteiger partial charge < -0.3 is 10.2 Å². The van der Waals surface area contributed by atoms with Gasteiger partial charge in [-0.25, -0.2) is 18.7 Å². The van der Waals surface area contributed by atoms with Gasteiger partial charge >= 0.3 is 0 Å². The van der Waals surface area contributed by atoms with Crippen LogP contribution in [-0.4, -0.2) is 22.9 Å². The van der Waals surface area contributed by atoms with Crippen molar-refractivity contribution in [3.8, 4) is 0 Å². The average molecular weight is 354 g/mol. The quantitative estimate of drug-likeness (QED) is 0.767. The topological polar surface area (TPSA) is 58.1 Å². The average Bonchev–Trinajstić information content (AvgIpc) is 2.64. The van der Waals surface area contributed by atoms with E-state index < -0.39 is 23.2 Å². The number of benzene rings is 2. The van der Waals surface area contributed by atoms with E-state index in [1.165, 1.54) is 12.1 Å². The summed E-state index contributed by atoms with van der Waals surface area (Å²) in [4.78, 5) is 22.7. The number of halogens is 2. The van der Waals surface area contributed by atoms with E-state index in [4.69, 9.17) is 0 Å². The molecule has 1 amide bonds. The molecule has 0 atom stereocenters. The summed E-state index contributed by atoms with van der Waals surface area (Å²) in [6.45, 7) is 1.71. The van der Waals surface area contributed by atoms with E-state index >= 15 is 0 Å². The van der Waals surface area contributed by atoms with Crippen molar-refractivity contribution >= 4 is 23.2 Å². The van der Waals surface area contributed by atoms with Gasteiger partial charge in [0.25, 0.3) is 5.91 Å². The number of hydrogen-bond acceptors (Lipinski definition) is 4. The van der Waals surface area contributed by atoms with Crippen LogP contribution >= 0.6 is 0 Å². The lowest BCUT2D eigenvalue weighted by atomic mass is 10.2. The van der Waals surface area contributed by atoms with Crippen LogP contribution in [0.4, 0.5) is 26.1 Å². The lowest BCUT2D eigenvalue weighted by Gasteiger charge is -2.18. The van der Waals surface area contributed by atoms with Crippen molar-refractivity contribution in [2.75, 3.05) is 17.3 Å². The minimum atomic E-state index is -0.856. The Labute approximate surface area is 149 Å². The van der Waals surface area contributed by atoms with E-state index in [0.29, 0.717) is 11.6 Å². The number of aromatic nitrogens is 2. The van der Waals surface area contributed by atoms with E-state index in [1.54, 1.807) is 18.9 Å². The van der Waals surface area contributed by atoms with Crippen LogP contribution in [0, 0.1) is 18.6 Å². The van der Waals surface area contributed by atoms with Gasteiger partial charge in [0.1, 0.15) is 23.0 Å². The van der Waals surface area contributed by atoms with Gasteiger partial charge in [-0.15, -0.1) is 0 Å². The highest BCUT2D eigenvalue weighted by atomic mass is 19.1. The Bertz CT molecular complexity index is 927. The largest absolute Gasteiger partial charge is 0.316 e. The molecule has 7 heteroatoms. The lowest BCUT2D eigenvalue weighted by molar-refractivity contribution is 0.102. The zero-order chi connectivity index (χ0) is 18.7. The number of amides is 1. The van der Waals surface area contributed by atoms with Crippen molar-refractivity contribution in [1.29, 1.82) is 0 Å². The number of para-hydroxylation sites is 2. The molecular formula is C19H16F2N4O. The molecule has 0 saturated heterocycles. The minimum absolute atomic E-state index is 0.0120. The number of aryl methyl sites for hydroxylation is 1. The zero-order valence-corrected chi connectivity index (χ0v) is 14.2. The normalized spacial score (nSPS) is 10.5. The number of hydrogen-bond donors (Lipinski definition) is 1. The molecule has 1 N–H and O–H groups in total. The molecule has 0 unspecified atom stereocenters. The van der Waals surface area contributed by atoms with Crippen molar-refractivity contribution in [3.63, 3.8) is 0 Å². The first-order chi connectivity index (χ1) is 12.5. The van der Waals surface area contributed by atoms with Crippen LogP contribution < -0.4 is 10.2 Å². The SMILES string of the molecule is Cc1cc(C(=O)Nc2c(F)cccc2F)nc(N(C)c2ccccc2)n1. The molecule has 0 aliphatic heterocycles. The third-order valence-corrected chi connectivity index (χ3v) is 3.72. The van der Waals surface area contributed by atoms with E-state index in [0.717, 1.165) is 17.8 Å². The second-order valence-electron chi connectivity index (χ2n) is 5.64. The molecule has 0 fully saturated rings. The van der Waals surface area contributed by atoms with Gasteiger partial charge in [-0.1, -0.05) is 24.3 Å². The van der Waals surface area contributed by atoms with Crippen LogP contribution in [-0.2, 0) is 0 Å². The van der Waals surface area contributed by atoms with Gasteiger partial charge in [0.05, 0.1) is 0 Å². The Hall–Kier alpha value is -3.35. The summed E-state index contributed by atoms with van der Waals surface area (Å²) in [5.41, 5.74) is 0.895. The summed E-state index contributed by atoms with van der Waals surface area (Å²) in [6.07, 6.45) is 0. The maximum atomic E-state index is 13.7. The molecule has 0 spiro atoms. The molecule has 26 heavy (non-hydrogen) atoms. The smallest absolute Gasteiger partial charge is 0.274 e. The zero-order valence-electron chi connectivity index (χ0n) is 14.2. The number of nitrogens with one attached hydrogen (secondary N) is 1. The fourth-order valence-electron chi connectivity index (χ4n) is 2.38. The first kappa shape index (κ1) is 17.5. The highest BCUT2D eigenvalue weighted by molar-refractivity contribution is 6.03. The van der Waals surface area contributed by atoms with Crippen molar-refractivity contribution in [2.45, 2.75) is 6.92 Å². The first-order valence-corrected chi connectivity index (χ1v) is 7.85. The summed E-state index contributed by atoms with van der Waals surface area (Å²) in [7, 11) is 1.77. The van der Waals surface area contributed by atoms with Crippen molar-refractivity contribution in [3.05, 3.63) is 77.6 Å². The van der Waals surface area contributed by atoms with Crippen molar-refractivity contribution in [1.82, 2.24) is 9.97 Å². The molecule has 132 valence electrons. The van der Waals surface area contributed by atoms with Crippen LogP contribution in [0.1, 0.15) is 16.2 Å². The molecular weight excluding hydrogens is 338 g/mol. The van der Waals surface area contributed by atoms with Gasteiger partial charge in [-0.3, -0.25) is 4.79 Å². The standard InChI is InChI=1S/C19H16F2N4O/c1-12-11-16(18(26)24-17-14(20)9-6-10-15(17)21)23-19(22-12)25(2)13-7-4-3-5-8-13/h3-11H,1-2H3,(H,24,26). The summed E-state index contributed by atoms with van der Waals surface area (Å²) >= 11 is 0. The predicted molar refractivity (Wildman–Crippen MR) is 95.6 cm³/mol. The Morgan fingerprint density at radius 2 is 1.65 bits per heavy atom. The summed E-state index contributed by atoms with van der Waals surface area (Å²) in [5, 5.41) is 2.23. The monoisotopic (exact) mass is 354 g/mol. The molecule has 0 aliphatic carbocycles. The van der Waals surface area contributed by atoms with Crippen LogP contribution in [0.2, 0.25) is 0 Å². The molecule has 0 bridgehead atoms.